The molecule has 20 heavy (non-hydrogen) atoms. The van der Waals surface area contributed by atoms with Gasteiger partial charge in [0.1, 0.15) is 0 Å². The molecule has 2 N–H and O–H groups in total. The van der Waals surface area contributed by atoms with Crippen LogP contribution >= 0.6 is 0 Å². The SMILES string of the molecule is Cc1ccc(NC(=O)CN[C@H](C)C2CCCCC2)cc1. The van der Waals surface area contributed by atoms with Gasteiger partial charge in [0, 0.05) is 11.7 Å². The Morgan fingerprint density at radius 3 is 2.50 bits per heavy atom. The smallest absolute Gasteiger partial charge is 0.238 e. The number of nitrogens with one attached hydrogen (secondary N) is 2. The Bertz CT molecular complexity index is 421. The molecule has 1 fully saturated rings. The van der Waals surface area contributed by atoms with Gasteiger partial charge < -0.3 is 10.6 Å². The number of carbonyl (C=O) groups is 1. The van der Waals surface area contributed by atoms with Gasteiger partial charge in [-0.25, -0.2) is 0 Å². The average Bonchev–Trinajstić information content (AvgIpc) is 2.48. The number of hydrogen-bond donors (Lipinski definition) is 2. The summed E-state index contributed by atoms with van der Waals surface area (Å²) >= 11 is 0. The van der Waals surface area contributed by atoms with Crippen LogP contribution in [0, 0.1) is 12.8 Å². The highest BCUT2D eigenvalue weighted by molar-refractivity contribution is 5.92. The van der Waals surface area contributed by atoms with Crippen molar-refractivity contribution in [3.8, 4) is 0 Å². The second kappa shape index (κ2) is 7.44. The van der Waals surface area contributed by atoms with Gasteiger partial charge in [0.25, 0.3) is 0 Å². The molecule has 0 aromatic heterocycles. The van der Waals surface area contributed by atoms with Crippen LogP contribution < -0.4 is 10.6 Å². The highest BCUT2D eigenvalue weighted by Crippen LogP contribution is 2.26. The van der Waals surface area contributed by atoms with Crippen LogP contribution in [-0.2, 0) is 4.79 Å². The van der Waals surface area contributed by atoms with E-state index in [0.717, 1.165) is 11.6 Å². The summed E-state index contributed by atoms with van der Waals surface area (Å²) in [6.07, 6.45) is 6.65. The fourth-order valence-corrected chi connectivity index (χ4v) is 2.90. The number of rotatable bonds is 5. The zero-order valence-corrected chi connectivity index (χ0v) is 12.6. The minimum atomic E-state index is 0.0384. The average molecular weight is 274 g/mol. The maximum atomic E-state index is 11.9. The minimum Gasteiger partial charge on any atom is -0.325 e. The van der Waals surface area contributed by atoms with Gasteiger partial charge >= 0.3 is 0 Å². The first kappa shape index (κ1) is 15.0. The van der Waals surface area contributed by atoms with Crippen molar-refractivity contribution in [2.24, 2.45) is 5.92 Å². The summed E-state index contributed by atoms with van der Waals surface area (Å²) in [6.45, 7) is 4.64. The Balaban J connectivity index is 1.72. The number of amides is 1. The molecule has 0 saturated heterocycles. The topological polar surface area (TPSA) is 41.1 Å². The lowest BCUT2D eigenvalue weighted by Gasteiger charge is -2.28. The van der Waals surface area contributed by atoms with E-state index in [4.69, 9.17) is 0 Å². The lowest BCUT2D eigenvalue weighted by atomic mass is 9.84. The van der Waals surface area contributed by atoms with Crippen LogP contribution in [0.1, 0.15) is 44.6 Å². The van der Waals surface area contributed by atoms with Crippen molar-refractivity contribution in [2.75, 3.05) is 11.9 Å². The second-order valence-corrected chi connectivity index (χ2v) is 5.98. The van der Waals surface area contributed by atoms with E-state index >= 15 is 0 Å². The van der Waals surface area contributed by atoms with Crippen LogP contribution in [0.4, 0.5) is 5.69 Å². The van der Waals surface area contributed by atoms with Crippen molar-refractivity contribution in [3.63, 3.8) is 0 Å². The Labute approximate surface area is 122 Å². The van der Waals surface area contributed by atoms with Crippen molar-refractivity contribution < 1.29 is 4.79 Å². The van der Waals surface area contributed by atoms with E-state index in [0.29, 0.717) is 12.6 Å². The molecule has 1 aliphatic rings. The molecule has 3 heteroatoms. The van der Waals surface area contributed by atoms with Gasteiger partial charge in [-0.1, -0.05) is 37.0 Å². The number of carbonyl (C=O) groups excluding carboxylic acids is 1. The van der Waals surface area contributed by atoms with E-state index < -0.39 is 0 Å². The second-order valence-electron chi connectivity index (χ2n) is 5.98. The lowest BCUT2D eigenvalue weighted by molar-refractivity contribution is -0.115. The first-order valence-electron chi connectivity index (χ1n) is 7.75. The summed E-state index contributed by atoms with van der Waals surface area (Å²) in [7, 11) is 0. The summed E-state index contributed by atoms with van der Waals surface area (Å²) in [5.41, 5.74) is 2.07. The van der Waals surface area contributed by atoms with E-state index in [1.165, 1.54) is 37.7 Å². The van der Waals surface area contributed by atoms with E-state index in [1.807, 2.05) is 31.2 Å². The van der Waals surface area contributed by atoms with Crippen molar-refractivity contribution in [1.82, 2.24) is 5.32 Å². The van der Waals surface area contributed by atoms with Crippen molar-refractivity contribution >= 4 is 11.6 Å². The quantitative estimate of drug-likeness (QED) is 0.863. The van der Waals surface area contributed by atoms with Crippen LogP contribution in [-0.4, -0.2) is 18.5 Å². The Morgan fingerprint density at radius 2 is 1.85 bits per heavy atom. The maximum absolute atomic E-state index is 11.9. The van der Waals surface area contributed by atoms with Gasteiger partial charge in [0.15, 0.2) is 0 Å². The molecular formula is C17H26N2O. The van der Waals surface area contributed by atoms with Gasteiger partial charge in [0.05, 0.1) is 6.54 Å². The minimum absolute atomic E-state index is 0.0384. The summed E-state index contributed by atoms with van der Waals surface area (Å²) in [5, 5.41) is 6.30. The molecule has 0 radical (unpaired) electrons. The predicted molar refractivity (Wildman–Crippen MR) is 83.8 cm³/mol. The first-order valence-corrected chi connectivity index (χ1v) is 7.75. The van der Waals surface area contributed by atoms with Crippen molar-refractivity contribution in [1.29, 1.82) is 0 Å². The molecule has 1 atom stereocenters. The summed E-state index contributed by atoms with van der Waals surface area (Å²) < 4.78 is 0. The molecule has 2 rings (SSSR count). The van der Waals surface area contributed by atoms with Gasteiger partial charge in [-0.2, -0.15) is 0 Å². The van der Waals surface area contributed by atoms with Crippen LogP contribution in [0.2, 0.25) is 0 Å². The van der Waals surface area contributed by atoms with E-state index in [-0.39, 0.29) is 5.91 Å². The van der Waals surface area contributed by atoms with Crippen LogP contribution in [0.5, 0.6) is 0 Å². The van der Waals surface area contributed by atoms with Crippen LogP contribution in [0.3, 0.4) is 0 Å². The molecule has 1 saturated carbocycles. The molecule has 0 bridgehead atoms. The molecule has 1 aromatic carbocycles. The van der Waals surface area contributed by atoms with Crippen molar-refractivity contribution in [2.45, 2.75) is 52.0 Å². The van der Waals surface area contributed by atoms with Crippen LogP contribution in [0.15, 0.2) is 24.3 Å². The fourth-order valence-electron chi connectivity index (χ4n) is 2.90. The molecule has 1 aromatic rings. The predicted octanol–water partition coefficient (Wildman–Crippen LogP) is 3.49. The Morgan fingerprint density at radius 1 is 1.20 bits per heavy atom. The maximum Gasteiger partial charge on any atom is 0.238 e. The molecule has 110 valence electrons. The Hall–Kier alpha value is -1.35. The van der Waals surface area contributed by atoms with Crippen molar-refractivity contribution in [3.05, 3.63) is 29.8 Å². The van der Waals surface area contributed by atoms with Gasteiger partial charge in [-0.15, -0.1) is 0 Å². The third-order valence-electron chi connectivity index (χ3n) is 4.28. The molecule has 1 amide bonds. The standard InChI is InChI=1S/C17H26N2O/c1-13-8-10-16(11-9-13)19-17(20)12-18-14(2)15-6-4-3-5-7-15/h8-11,14-15,18H,3-7,12H2,1-2H3,(H,19,20)/t14-/m1/s1. The highest BCUT2D eigenvalue weighted by atomic mass is 16.1. The van der Waals surface area contributed by atoms with Crippen LogP contribution in [0.25, 0.3) is 0 Å². The number of hydrogen-bond acceptors (Lipinski definition) is 2. The molecule has 3 nitrogen and oxygen atoms in total. The third kappa shape index (κ3) is 4.64. The molecule has 0 aliphatic heterocycles. The molecule has 0 spiro atoms. The summed E-state index contributed by atoms with van der Waals surface area (Å²) in [6, 6.07) is 8.33. The van der Waals surface area contributed by atoms with Gasteiger partial charge in [-0.3, -0.25) is 4.79 Å². The summed E-state index contributed by atoms with van der Waals surface area (Å²) in [4.78, 5) is 11.9. The first-order chi connectivity index (χ1) is 9.65. The van der Waals surface area contributed by atoms with E-state index in [9.17, 15) is 4.79 Å². The fraction of sp³-hybridized carbons (Fsp3) is 0.588. The number of aryl methyl sites for hydroxylation is 1. The molecule has 1 aliphatic carbocycles. The zero-order valence-electron chi connectivity index (χ0n) is 12.6. The van der Waals surface area contributed by atoms with E-state index in [2.05, 4.69) is 17.6 Å². The zero-order chi connectivity index (χ0) is 14.4. The monoisotopic (exact) mass is 274 g/mol. The third-order valence-corrected chi connectivity index (χ3v) is 4.28. The highest BCUT2D eigenvalue weighted by Gasteiger charge is 2.20. The molecule has 0 heterocycles. The Kier molecular flexibility index (Phi) is 5.60. The molecular weight excluding hydrogens is 248 g/mol. The van der Waals surface area contributed by atoms with E-state index in [1.54, 1.807) is 0 Å². The normalized spacial score (nSPS) is 17.7. The lowest BCUT2D eigenvalue weighted by Crippen LogP contribution is -2.39. The van der Waals surface area contributed by atoms with Gasteiger partial charge in [0.2, 0.25) is 5.91 Å². The molecule has 0 unspecified atom stereocenters. The number of benzene rings is 1. The number of anilines is 1. The largest absolute Gasteiger partial charge is 0.325 e. The summed E-state index contributed by atoms with van der Waals surface area (Å²) in [5.74, 6) is 0.771. The van der Waals surface area contributed by atoms with Gasteiger partial charge in [-0.05, 0) is 44.7 Å².